The van der Waals surface area contributed by atoms with Gasteiger partial charge in [0.25, 0.3) is 10.0 Å². The molecule has 0 N–H and O–H groups in total. The smallest absolute Gasteiger partial charge is 0.326 e. The van der Waals surface area contributed by atoms with E-state index in [1.165, 1.54) is 32.4 Å². The normalized spacial score (nSPS) is 11.0. The van der Waals surface area contributed by atoms with Crippen LogP contribution in [0.15, 0.2) is 41.3 Å². The summed E-state index contributed by atoms with van der Waals surface area (Å²) in [5.74, 6) is 0.0515. The quantitative estimate of drug-likeness (QED) is 0.626. The Morgan fingerprint density at radius 1 is 0.964 bits per heavy atom. The van der Waals surface area contributed by atoms with E-state index in [4.69, 9.17) is 14.2 Å². The van der Waals surface area contributed by atoms with Crippen LogP contribution < -0.4 is 13.8 Å². The SMILES string of the molecule is CCOC(=O)CN(c1cc(C)cc(C)c1)S(=O)(=O)c1ccc(OC)c(OC)c1. The first-order chi connectivity index (χ1) is 13.2. The van der Waals surface area contributed by atoms with Crippen LogP contribution in [0.4, 0.5) is 5.69 Å². The van der Waals surface area contributed by atoms with Crippen molar-refractivity contribution < 1.29 is 27.4 Å². The number of rotatable bonds is 8. The Bertz CT molecular complexity index is 935. The topological polar surface area (TPSA) is 82.1 Å². The molecule has 0 aliphatic carbocycles. The Morgan fingerprint density at radius 3 is 2.11 bits per heavy atom. The van der Waals surface area contributed by atoms with E-state index in [2.05, 4.69) is 0 Å². The molecule has 0 aromatic heterocycles. The van der Waals surface area contributed by atoms with E-state index >= 15 is 0 Å². The molecule has 28 heavy (non-hydrogen) atoms. The van der Waals surface area contributed by atoms with E-state index in [1.807, 2.05) is 19.9 Å². The average Bonchev–Trinajstić information content (AvgIpc) is 2.64. The number of nitrogens with zero attached hydrogens (tertiary/aromatic N) is 1. The minimum absolute atomic E-state index is 0.0198. The molecule has 0 heterocycles. The molecule has 2 aromatic rings. The Labute approximate surface area is 165 Å². The monoisotopic (exact) mass is 407 g/mol. The molecule has 0 spiro atoms. The number of carbonyl (C=O) groups is 1. The predicted octanol–water partition coefficient (Wildman–Crippen LogP) is 3.08. The first kappa shape index (κ1) is 21.6. The molecule has 0 aliphatic heterocycles. The van der Waals surface area contributed by atoms with Crippen LogP contribution in [-0.4, -0.2) is 41.8 Å². The second-order valence-corrected chi connectivity index (χ2v) is 8.04. The summed E-state index contributed by atoms with van der Waals surface area (Å²) in [6.07, 6.45) is 0. The van der Waals surface area contributed by atoms with Crippen molar-refractivity contribution in [1.82, 2.24) is 0 Å². The van der Waals surface area contributed by atoms with Gasteiger partial charge in [-0.2, -0.15) is 0 Å². The molecule has 0 aliphatic rings. The summed E-state index contributed by atoms with van der Waals surface area (Å²) in [4.78, 5) is 12.1. The van der Waals surface area contributed by atoms with Crippen molar-refractivity contribution in [3.8, 4) is 11.5 Å². The Morgan fingerprint density at radius 2 is 1.57 bits per heavy atom. The molecule has 0 fully saturated rings. The summed E-state index contributed by atoms with van der Waals surface area (Å²) in [6.45, 7) is 5.12. The number of anilines is 1. The van der Waals surface area contributed by atoms with Crippen LogP contribution >= 0.6 is 0 Å². The van der Waals surface area contributed by atoms with Crippen molar-refractivity contribution in [2.75, 3.05) is 31.7 Å². The first-order valence-corrected chi connectivity index (χ1v) is 10.2. The lowest BCUT2D eigenvalue weighted by atomic mass is 10.1. The van der Waals surface area contributed by atoms with Crippen molar-refractivity contribution in [2.24, 2.45) is 0 Å². The van der Waals surface area contributed by atoms with Gasteiger partial charge < -0.3 is 14.2 Å². The minimum atomic E-state index is -4.06. The van der Waals surface area contributed by atoms with Crippen molar-refractivity contribution in [3.05, 3.63) is 47.5 Å². The third-order valence-electron chi connectivity index (χ3n) is 4.02. The zero-order valence-corrected chi connectivity index (χ0v) is 17.5. The molecular formula is C20H25NO6S. The van der Waals surface area contributed by atoms with Crippen molar-refractivity contribution in [2.45, 2.75) is 25.7 Å². The number of hydrogen-bond acceptors (Lipinski definition) is 6. The van der Waals surface area contributed by atoms with Gasteiger partial charge in [0.15, 0.2) is 11.5 Å². The second kappa shape index (κ2) is 8.97. The standard InChI is InChI=1S/C20H25NO6S/c1-6-27-20(22)13-21(16-10-14(2)9-15(3)11-16)28(23,24)17-7-8-18(25-4)19(12-17)26-5/h7-12H,6,13H2,1-5H3. The maximum atomic E-state index is 13.4. The van der Waals surface area contributed by atoms with Gasteiger partial charge in [0.2, 0.25) is 0 Å². The molecule has 0 saturated carbocycles. The van der Waals surface area contributed by atoms with Crippen molar-refractivity contribution >= 4 is 21.7 Å². The Hall–Kier alpha value is -2.74. The Kier molecular flexibility index (Phi) is 6.90. The van der Waals surface area contributed by atoms with E-state index in [0.717, 1.165) is 15.4 Å². The first-order valence-electron chi connectivity index (χ1n) is 8.71. The number of benzene rings is 2. The van der Waals surface area contributed by atoms with Gasteiger partial charge in [-0.1, -0.05) is 6.07 Å². The third-order valence-corrected chi connectivity index (χ3v) is 5.79. The number of methoxy groups -OCH3 is 2. The summed E-state index contributed by atoms with van der Waals surface area (Å²) in [7, 11) is -1.17. The molecule has 7 nitrogen and oxygen atoms in total. The highest BCUT2D eigenvalue weighted by molar-refractivity contribution is 7.92. The zero-order valence-electron chi connectivity index (χ0n) is 16.7. The molecule has 8 heteroatoms. The molecule has 2 rings (SSSR count). The lowest BCUT2D eigenvalue weighted by Crippen LogP contribution is -2.36. The number of esters is 1. The van der Waals surface area contributed by atoms with Gasteiger partial charge in [-0.05, 0) is 56.2 Å². The number of sulfonamides is 1. The molecule has 0 bridgehead atoms. The van der Waals surface area contributed by atoms with Crippen molar-refractivity contribution in [1.29, 1.82) is 0 Å². The van der Waals surface area contributed by atoms with Crippen LogP contribution in [0.5, 0.6) is 11.5 Å². The van der Waals surface area contributed by atoms with Crippen LogP contribution in [0, 0.1) is 13.8 Å². The van der Waals surface area contributed by atoms with Gasteiger partial charge in [-0.25, -0.2) is 8.42 Å². The third kappa shape index (κ3) is 4.75. The van der Waals surface area contributed by atoms with Crippen LogP contribution in [0.2, 0.25) is 0 Å². The van der Waals surface area contributed by atoms with Crippen molar-refractivity contribution in [3.63, 3.8) is 0 Å². The van der Waals surface area contributed by atoms with Crippen LogP contribution in [0.3, 0.4) is 0 Å². The van der Waals surface area contributed by atoms with Crippen LogP contribution in [0.1, 0.15) is 18.1 Å². The van der Waals surface area contributed by atoms with Gasteiger partial charge >= 0.3 is 5.97 Å². The largest absolute Gasteiger partial charge is 0.493 e. The second-order valence-electron chi connectivity index (χ2n) is 6.18. The van der Waals surface area contributed by atoms with E-state index in [-0.39, 0.29) is 17.3 Å². The molecule has 0 unspecified atom stereocenters. The van der Waals surface area contributed by atoms with Crippen LogP contribution in [0.25, 0.3) is 0 Å². The summed E-state index contributed by atoms with van der Waals surface area (Å²) in [5, 5.41) is 0. The molecule has 0 amide bonds. The van der Waals surface area contributed by atoms with Gasteiger partial charge in [0.05, 0.1) is 31.4 Å². The fraction of sp³-hybridized carbons (Fsp3) is 0.350. The van der Waals surface area contributed by atoms with E-state index in [1.54, 1.807) is 19.1 Å². The lowest BCUT2D eigenvalue weighted by molar-refractivity contribution is -0.141. The van der Waals surface area contributed by atoms with Gasteiger partial charge in [-0.15, -0.1) is 0 Å². The molecule has 152 valence electrons. The predicted molar refractivity (Wildman–Crippen MR) is 107 cm³/mol. The fourth-order valence-electron chi connectivity index (χ4n) is 2.84. The summed E-state index contributed by atoms with van der Waals surface area (Å²) < 4.78 is 43.2. The number of ether oxygens (including phenoxy) is 3. The molecule has 0 radical (unpaired) electrons. The highest BCUT2D eigenvalue weighted by atomic mass is 32.2. The number of hydrogen-bond donors (Lipinski definition) is 0. The van der Waals surface area contributed by atoms with Crippen LogP contribution in [-0.2, 0) is 19.6 Å². The zero-order chi connectivity index (χ0) is 20.9. The maximum Gasteiger partial charge on any atom is 0.326 e. The maximum absolute atomic E-state index is 13.4. The molecule has 0 atom stereocenters. The van der Waals surface area contributed by atoms with Gasteiger partial charge in [-0.3, -0.25) is 9.10 Å². The summed E-state index contributed by atoms with van der Waals surface area (Å²) in [5.41, 5.74) is 2.15. The number of carbonyl (C=O) groups excluding carboxylic acids is 1. The van der Waals surface area contributed by atoms with Gasteiger partial charge in [0, 0.05) is 6.07 Å². The molecule has 0 saturated heterocycles. The summed E-state index contributed by atoms with van der Waals surface area (Å²) in [6, 6.07) is 9.65. The van der Waals surface area contributed by atoms with E-state index in [0.29, 0.717) is 11.4 Å². The minimum Gasteiger partial charge on any atom is -0.493 e. The Balaban J connectivity index is 2.59. The van der Waals surface area contributed by atoms with Gasteiger partial charge in [0.1, 0.15) is 6.54 Å². The lowest BCUT2D eigenvalue weighted by Gasteiger charge is -2.25. The highest BCUT2D eigenvalue weighted by Gasteiger charge is 2.29. The summed E-state index contributed by atoms with van der Waals surface area (Å²) >= 11 is 0. The number of aryl methyl sites for hydroxylation is 2. The van der Waals surface area contributed by atoms with E-state index in [9.17, 15) is 13.2 Å². The molecular weight excluding hydrogens is 382 g/mol. The fourth-order valence-corrected chi connectivity index (χ4v) is 4.25. The molecule has 2 aromatic carbocycles. The highest BCUT2D eigenvalue weighted by Crippen LogP contribution is 2.32. The van der Waals surface area contributed by atoms with E-state index < -0.39 is 22.5 Å². The average molecular weight is 407 g/mol.